The van der Waals surface area contributed by atoms with Crippen molar-refractivity contribution in [3.8, 4) is 11.8 Å². The molecule has 2 aromatic carbocycles. The molecule has 0 aliphatic carbocycles. The maximum atomic E-state index is 12.1. The molecule has 2 aromatic rings. The lowest BCUT2D eigenvalue weighted by Gasteiger charge is -2.11. The second-order valence-electron chi connectivity index (χ2n) is 5.44. The second-order valence-corrected chi connectivity index (χ2v) is 7.20. The number of carbonyl (C=O) groups is 1. The molecule has 7 nitrogen and oxygen atoms in total. The Morgan fingerprint density at radius 3 is 2.50 bits per heavy atom. The molecule has 0 atom stereocenters. The van der Waals surface area contributed by atoms with Crippen molar-refractivity contribution in [3.63, 3.8) is 0 Å². The van der Waals surface area contributed by atoms with Crippen molar-refractivity contribution >= 4 is 16.0 Å². The number of hydrogen-bond acceptors (Lipinski definition) is 6. The molecule has 0 saturated carbocycles. The Bertz CT molecular complexity index is 931. The van der Waals surface area contributed by atoms with Crippen molar-refractivity contribution in [2.75, 3.05) is 13.7 Å². The number of methoxy groups -OCH3 is 1. The van der Waals surface area contributed by atoms with E-state index in [4.69, 9.17) is 14.7 Å². The minimum absolute atomic E-state index is 0.0255. The molecular formula is C18H18N2O5S. The van der Waals surface area contributed by atoms with E-state index in [1.165, 1.54) is 31.4 Å². The van der Waals surface area contributed by atoms with Crippen molar-refractivity contribution in [2.24, 2.45) is 0 Å². The number of carbonyl (C=O) groups excluding carboxylic acids is 1. The van der Waals surface area contributed by atoms with Gasteiger partial charge < -0.3 is 9.47 Å². The normalized spacial score (nSPS) is 10.8. The van der Waals surface area contributed by atoms with Crippen molar-refractivity contribution in [1.29, 1.82) is 5.26 Å². The molecule has 2 rings (SSSR count). The molecule has 0 aliphatic heterocycles. The summed E-state index contributed by atoms with van der Waals surface area (Å²) in [6.45, 7) is 1.37. The maximum Gasteiger partial charge on any atom is 0.321 e. The van der Waals surface area contributed by atoms with Crippen LogP contribution >= 0.6 is 0 Å². The summed E-state index contributed by atoms with van der Waals surface area (Å²) in [5, 5.41) is 8.73. The number of nitriles is 1. The van der Waals surface area contributed by atoms with Crippen molar-refractivity contribution in [2.45, 2.75) is 18.4 Å². The summed E-state index contributed by atoms with van der Waals surface area (Å²) in [7, 11) is -2.35. The summed E-state index contributed by atoms with van der Waals surface area (Å²) in [5.41, 5.74) is 2.02. The number of nitrogens with zero attached hydrogens (tertiary/aromatic N) is 1. The zero-order valence-corrected chi connectivity index (χ0v) is 15.2. The van der Waals surface area contributed by atoms with Gasteiger partial charge in [0.05, 0.1) is 23.6 Å². The lowest BCUT2D eigenvalue weighted by Crippen LogP contribution is -2.30. The summed E-state index contributed by atoms with van der Waals surface area (Å²) in [5.74, 6) is -0.132. The lowest BCUT2D eigenvalue weighted by molar-refractivity contribution is -0.143. The third-order valence-corrected chi connectivity index (χ3v) is 4.94. The van der Waals surface area contributed by atoms with Gasteiger partial charge in [0, 0.05) is 5.56 Å². The van der Waals surface area contributed by atoms with E-state index in [1.807, 2.05) is 25.1 Å². The molecule has 0 aliphatic rings. The zero-order chi connectivity index (χ0) is 19.2. The van der Waals surface area contributed by atoms with Gasteiger partial charge in [0.1, 0.15) is 18.9 Å². The molecule has 1 N–H and O–H groups in total. The van der Waals surface area contributed by atoms with Gasteiger partial charge in [0.25, 0.3) is 0 Å². The number of hydrogen-bond donors (Lipinski definition) is 1. The van der Waals surface area contributed by atoms with Crippen LogP contribution in [0.3, 0.4) is 0 Å². The average molecular weight is 374 g/mol. The Kier molecular flexibility index (Phi) is 6.33. The number of benzene rings is 2. The van der Waals surface area contributed by atoms with Crippen molar-refractivity contribution in [1.82, 2.24) is 4.72 Å². The Morgan fingerprint density at radius 1 is 1.19 bits per heavy atom. The molecule has 0 unspecified atom stereocenters. The van der Waals surface area contributed by atoms with Crippen LogP contribution in [0.15, 0.2) is 47.4 Å². The van der Waals surface area contributed by atoms with Crippen LogP contribution in [0.4, 0.5) is 0 Å². The molecule has 0 fully saturated rings. The summed E-state index contributed by atoms with van der Waals surface area (Å²) in [4.78, 5) is 11.8. The van der Waals surface area contributed by atoms with Crippen LogP contribution < -0.4 is 9.46 Å². The van der Waals surface area contributed by atoms with Crippen LogP contribution in [0.2, 0.25) is 0 Å². The summed E-state index contributed by atoms with van der Waals surface area (Å²) in [6.07, 6.45) is 0. The first-order valence-electron chi connectivity index (χ1n) is 7.64. The molecule has 0 amide bonds. The van der Waals surface area contributed by atoms with Gasteiger partial charge in [-0.05, 0) is 43.3 Å². The summed E-state index contributed by atoms with van der Waals surface area (Å²) in [6, 6.07) is 12.7. The topological polar surface area (TPSA) is 105 Å². The van der Waals surface area contributed by atoms with E-state index in [0.717, 1.165) is 5.56 Å². The summed E-state index contributed by atoms with van der Waals surface area (Å²) >= 11 is 0. The Labute approximate surface area is 152 Å². The van der Waals surface area contributed by atoms with Crippen LogP contribution in [0.5, 0.6) is 5.75 Å². The highest BCUT2D eigenvalue weighted by atomic mass is 32.2. The standard InChI is InChI=1S/C18H18N2O5S/c1-13-3-8-17(24-2)15(9-13)12-25-18(21)11-20-26(22,23)16-6-4-14(10-19)5-7-16/h3-9,20H,11-12H2,1-2H3. The van der Waals surface area contributed by atoms with Crippen molar-refractivity contribution in [3.05, 3.63) is 59.2 Å². The van der Waals surface area contributed by atoms with E-state index in [2.05, 4.69) is 4.72 Å². The van der Waals surface area contributed by atoms with Crippen LogP contribution in [0.1, 0.15) is 16.7 Å². The average Bonchev–Trinajstić information content (AvgIpc) is 2.65. The SMILES string of the molecule is COc1ccc(C)cc1COC(=O)CNS(=O)(=O)c1ccc(C#N)cc1. The lowest BCUT2D eigenvalue weighted by atomic mass is 10.1. The molecular weight excluding hydrogens is 356 g/mol. The van der Waals surface area contributed by atoms with E-state index in [0.29, 0.717) is 16.9 Å². The van der Waals surface area contributed by atoms with Crippen molar-refractivity contribution < 1.29 is 22.7 Å². The van der Waals surface area contributed by atoms with Crippen LogP contribution in [-0.4, -0.2) is 28.0 Å². The van der Waals surface area contributed by atoms with E-state index in [-0.39, 0.29) is 11.5 Å². The van der Waals surface area contributed by atoms with Gasteiger partial charge in [-0.3, -0.25) is 4.79 Å². The molecule has 0 bridgehead atoms. The molecule has 26 heavy (non-hydrogen) atoms. The largest absolute Gasteiger partial charge is 0.496 e. The fourth-order valence-electron chi connectivity index (χ4n) is 2.18. The Balaban J connectivity index is 1.94. The second kappa shape index (κ2) is 8.47. The maximum absolute atomic E-state index is 12.1. The predicted molar refractivity (Wildman–Crippen MR) is 93.9 cm³/mol. The quantitative estimate of drug-likeness (QED) is 0.742. The highest BCUT2D eigenvalue weighted by molar-refractivity contribution is 7.89. The van der Waals surface area contributed by atoms with E-state index in [1.54, 1.807) is 6.07 Å². The monoisotopic (exact) mass is 374 g/mol. The highest BCUT2D eigenvalue weighted by Gasteiger charge is 2.16. The first-order chi connectivity index (χ1) is 12.4. The molecule has 0 radical (unpaired) electrons. The molecule has 0 aromatic heterocycles. The highest BCUT2D eigenvalue weighted by Crippen LogP contribution is 2.20. The molecule has 0 saturated heterocycles. The molecule has 0 heterocycles. The number of rotatable bonds is 7. The van der Waals surface area contributed by atoms with E-state index in [9.17, 15) is 13.2 Å². The number of sulfonamides is 1. The van der Waals surface area contributed by atoms with Gasteiger partial charge in [-0.25, -0.2) is 8.42 Å². The van der Waals surface area contributed by atoms with Crippen LogP contribution in [0, 0.1) is 18.3 Å². The van der Waals surface area contributed by atoms with E-state index >= 15 is 0 Å². The summed E-state index contributed by atoms with van der Waals surface area (Å²) < 4.78 is 36.7. The minimum Gasteiger partial charge on any atom is -0.496 e. The fraction of sp³-hybridized carbons (Fsp3) is 0.222. The first kappa shape index (κ1) is 19.4. The predicted octanol–water partition coefficient (Wildman–Crippen LogP) is 1.90. The molecule has 0 spiro atoms. The third-order valence-electron chi connectivity index (χ3n) is 3.52. The van der Waals surface area contributed by atoms with Gasteiger partial charge in [-0.15, -0.1) is 0 Å². The van der Waals surface area contributed by atoms with Crippen LogP contribution in [-0.2, 0) is 26.2 Å². The van der Waals surface area contributed by atoms with Gasteiger partial charge in [-0.1, -0.05) is 11.6 Å². The van der Waals surface area contributed by atoms with Crippen LogP contribution in [0.25, 0.3) is 0 Å². The zero-order valence-electron chi connectivity index (χ0n) is 14.4. The van der Waals surface area contributed by atoms with E-state index < -0.39 is 22.5 Å². The number of esters is 1. The van der Waals surface area contributed by atoms with Gasteiger partial charge in [0.2, 0.25) is 10.0 Å². The third kappa shape index (κ3) is 5.05. The number of aryl methyl sites for hydroxylation is 1. The Morgan fingerprint density at radius 2 is 1.88 bits per heavy atom. The fourth-order valence-corrected chi connectivity index (χ4v) is 3.14. The number of ether oxygens (including phenoxy) is 2. The van der Waals surface area contributed by atoms with Gasteiger partial charge in [-0.2, -0.15) is 9.98 Å². The number of nitrogens with one attached hydrogen (secondary N) is 1. The van der Waals surface area contributed by atoms with Gasteiger partial charge in [0.15, 0.2) is 0 Å². The minimum atomic E-state index is -3.87. The Hall–Kier alpha value is -2.89. The first-order valence-corrected chi connectivity index (χ1v) is 9.13. The van der Waals surface area contributed by atoms with Gasteiger partial charge >= 0.3 is 5.97 Å². The molecule has 8 heteroatoms. The smallest absolute Gasteiger partial charge is 0.321 e. The molecule has 136 valence electrons.